The number of benzene rings is 2. The lowest BCUT2D eigenvalue weighted by atomic mass is 10.1. The standard InChI is InChI=1S/C25H19ClFN3O4/c1-34-24(32)16-12-20(14-10-11-14)28-22-21(16)23(31)29(13-17-18(26)8-5-9-19(17)27)25(33)30(22)15-6-3-2-4-7-15/h2-9,12,14H,10-11,13H2,1H3. The van der Waals surface area contributed by atoms with Crippen molar-refractivity contribution in [1.29, 1.82) is 0 Å². The molecule has 2 aromatic heterocycles. The molecule has 0 bridgehead atoms. The zero-order valence-electron chi connectivity index (χ0n) is 18.1. The first-order chi connectivity index (χ1) is 16.4. The van der Waals surface area contributed by atoms with E-state index in [-0.39, 0.29) is 33.1 Å². The van der Waals surface area contributed by atoms with E-state index in [1.807, 2.05) is 0 Å². The maximum Gasteiger partial charge on any atom is 0.338 e. The minimum atomic E-state index is -0.776. The zero-order valence-corrected chi connectivity index (χ0v) is 18.9. The lowest BCUT2D eigenvalue weighted by molar-refractivity contribution is 0.0602. The second kappa shape index (κ2) is 8.53. The molecule has 0 saturated heterocycles. The maximum atomic E-state index is 14.6. The van der Waals surface area contributed by atoms with Crippen LogP contribution in [-0.4, -0.2) is 27.2 Å². The summed E-state index contributed by atoms with van der Waals surface area (Å²) in [6.07, 6.45) is 1.80. The number of esters is 1. The van der Waals surface area contributed by atoms with Crippen LogP contribution < -0.4 is 11.2 Å². The third-order valence-corrected chi connectivity index (χ3v) is 6.26. The van der Waals surface area contributed by atoms with Crippen molar-refractivity contribution in [3.63, 3.8) is 0 Å². The number of carbonyl (C=O) groups excluding carboxylic acids is 1. The van der Waals surface area contributed by atoms with Crippen molar-refractivity contribution in [2.75, 3.05) is 7.11 Å². The van der Waals surface area contributed by atoms with Crippen LogP contribution >= 0.6 is 11.6 Å². The van der Waals surface area contributed by atoms with E-state index in [0.717, 1.165) is 17.4 Å². The van der Waals surface area contributed by atoms with Gasteiger partial charge in [0.25, 0.3) is 5.56 Å². The fourth-order valence-electron chi connectivity index (χ4n) is 4.01. The topological polar surface area (TPSA) is 83.2 Å². The van der Waals surface area contributed by atoms with Crippen LogP contribution in [0.15, 0.2) is 64.2 Å². The normalized spacial score (nSPS) is 13.3. The van der Waals surface area contributed by atoms with Gasteiger partial charge in [0, 0.05) is 22.2 Å². The Morgan fingerprint density at radius 1 is 1.15 bits per heavy atom. The minimum Gasteiger partial charge on any atom is -0.465 e. The van der Waals surface area contributed by atoms with Gasteiger partial charge in [0.1, 0.15) is 5.82 Å². The van der Waals surface area contributed by atoms with E-state index in [9.17, 15) is 18.8 Å². The van der Waals surface area contributed by atoms with Gasteiger partial charge in [-0.15, -0.1) is 0 Å². The average molecular weight is 480 g/mol. The number of methoxy groups -OCH3 is 1. The lowest BCUT2D eigenvalue weighted by Crippen LogP contribution is -2.41. The predicted octanol–water partition coefficient (Wildman–Crippen LogP) is 4.05. The molecule has 9 heteroatoms. The van der Waals surface area contributed by atoms with Crippen molar-refractivity contribution < 1.29 is 13.9 Å². The first-order valence-electron chi connectivity index (χ1n) is 10.7. The van der Waals surface area contributed by atoms with E-state index in [1.165, 1.54) is 29.9 Å². The Bertz CT molecular complexity index is 1540. The Morgan fingerprint density at radius 2 is 1.88 bits per heavy atom. The number of pyridine rings is 1. The summed E-state index contributed by atoms with van der Waals surface area (Å²) in [6, 6.07) is 14.3. The Hall–Kier alpha value is -3.78. The number of nitrogens with zero attached hydrogens (tertiary/aromatic N) is 3. The van der Waals surface area contributed by atoms with Crippen molar-refractivity contribution in [1.82, 2.24) is 14.1 Å². The molecule has 1 saturated carbocycles. The molecule has 1 aliphatic rings. The van der Waals surface area contributed by atoms with E-state index in [1.54, 1.807) is 36.4 Å². The van der Waals surface area contributed by atoms with Crippen LogP contribution in [0.25, 0.3) is 16.7 Å². The van der Waals surface area contributed by atoms with Gasteiger partial charge in [0.2, 0.25) is 0 Å². The highest BCUT2D eigenvalue weighted by Gasteiger charge is 2.30. The molecule has 5 rings (SSSR count). The highest BCUT2D eigenvalue weighted by Crippen LogP contribution is 2.40. The molecular weight excluding hydrogens is 461 g/mol. The van der Waals surface area contributed by atoms with Crippen molar-refractivity contribution in [2.45, 2.75) is 25.3 Å². The number of halogens is 2. The molecule has 1 aliphatic carbocycles. The van der Waals surface area contributed by atoms with Crippen molar-refractivity contribution in [3.8, 4) is 5.69 Å². The molecular formula is C25H19ClFN3O4. The molecule has 4 aromatic rings. The summed E-state index contributed by atoms with van der Waals surface area (Å²) in [5.74, 6) is -1.23. The van der Waals surface area contributed by atoms with Gasteiger partial charge < -0.3 is 4.74 Å². The quantitative estimate of drug-likeness (QED) is 0.403. The van der Waals surface area contributed by atoms with Crippen molar-refractivity contribution in [3.05, 3.63) is 103 Å². The second-order valence-corrected chi connectivity index (χ2v) is 8.51. The molecule has 34 heavy (non-hydrogen) atoms. The van der Waals surface area contributed by atoms with Gasteiger partial charge in [-0.1, -0.05) is 35.9 Å². The van der Waals surface area contributed by atoms with E-state index < -0.39 is 29.6 Å². The number of ether oxygens (including phenoxy) is 1. The highest BCUT2D eigenvalue weighted by molar-refractivity contribution is 6.31. The van der Waals surface area contributed by atoms with Crippen LogP contribution in [0, 0.1) is 5.82 Å². The summed E-state index contributed by atoms with van der Waals surface area (Å²) in [6.45, 7) is -0.420. The number of hydrogen-bond acceptors (Lipinski definition) is 5. The van der Waals surface area contributed by atoms with Gasteiger partial charge in [-0.2, -0.15) is 0 Å². The van der Waals surface area contributed by atoms with Gasteiger partial charge in [0.15, 0.2) is 5.65 Å². The highest BCUT2D eigenvalue weighted by atomic mass is 35.5. The van der Waals surface area contributed by atoms with Crippen molar-refractivity contribution >= 4 is 28.6 Å². The molecule has 2 heterocycles. The van der Waals surface area contributed by atoms with Gasteiger partial charge >= 0.3 is 11.7 Å². The summed E-state index contributed by atoms with van der Waals surface area (Å²) >= 11 is 6.18. The van der Waals surface area contributed by atoms with E-state index in [4.69, 9.17) is 16.3 Å². The van der Waals surface area contributed by atoms with Crippen LogP contribution in [0.5, 0.6) is 0 Å². The number of hydrogen-bond donors (Lipinski definition) is 0. The number of rotatable bonds is 5. The third kappa shape index (κ3) is 3.70. The van der Waals surface area contributed by atoms with E-state index in [0.29, 0.717) is 11.4 Å². The van der Waals surface area contributed by atoms with Gasteiger partial charge in [-0.05, 0) is 43.2 Å². The summed E-state index contributed by atoms with van der Waals surface area (Å²) in [5.41, 5.74) is -0.377. The average Bonchev–Trinajstić information content (AvgIpc) is 3.68. The van der Waals surface area contributed by atoms with Crippen LogP contribution in [0.1, 0.15) is 40.4 Å². The molecule has 0 N–H and O–H groups in total. The first-order valence-corrected chi connectivity index (χ1v) is 11.1. The summed E-state index contributed by atoms with van der Waals surface area (Å²) in [7, 11) is 1.22. The zero-order chi connectivity index (χ0) is 24.0. The summed E-state index contributed by atoms with van der Waals surface area (Å²) < 4.78 is 21.6. The number of para-hydroxylation sites is 1. The summed E-state index contributed by atoms with van der Waals surface area (Å²) in [4.78, 5) is 44.7. The molecule has 0 amide bonds. The van der Waals surface area contributed by atoms with Crippen LogP contribution in [0.3, 0.4) is 0 Å². The Morgan fingerprint density at radius 3 is 2.53 bits per heavy atom. The largest absolute Gasteiger partial charge is 0.465 e. The van der Waals surface area contributed by atoms with E-state index in [2.05, 4.69) is 4.98 Å². The molecule has 172 valence electrons. The monoisotopic (exact) mass is 479 g/mol. The van der Waals surface area contributed by atoms with Crippen LogP contribution in [-0.2, 0) is 11.3 Å². The number of fused-ring (bicyclic) bond motifs is 1. The predicted molar refractivity (Wildman–Crippen MR) is 125 cm³/mol. The Kier molecular flexibility index (Phi) is 5.53. The van der Waals surface area contributed by atoms with Crippen molar-refractivity contribution in [2.24, 2.45) is 0 Å². The fourth-order valence-corrected chi connectivity index (χ4v) is 4.23. The smallest absolute Gasteiger partial charge is 0.338 e. The maximum absolute atomic E-state index is 14.6. The molecule has 0 spiro atoms. The number of aromatic nitrogens is 3. The molecule has 0 aliphatic heterocycles. The van der Waals surface area contributed by atoms with Crippen LogP contribution in [0.2, 0.25) is 5.02 Å². The van der Waals surface area contributed by atoms with Gasteiger partial charge in [-0.25, -0.2) is 23.5 Å². The van der Waals surface area contributed by atoms with Crippen LogP contribution in [0.4, 0.5) is 4.39 Å². The summed E-state index contributed by atoms with van der Waals surface area (Å²) in [5, 5.41) is 0.000204. The molecule has 0 unspecified atom stereocenters. The Balaban J connectivity index is 1.91. The molecule has 1 fully saturated rings. The van der Waals surface area contributed by atoms with Gasteiger partial charge in [0.05, 0.1) is 30.3 Å². The lowest BCUT2D eigenvalue weighted by Gasteiger charge is -2.17. The molecule has 7 nitrogen and oxygen atoms in total. The molecule has 0 radical (unpaired) electrons. The van der Waals surface area contributed by atoms with Gasteiger partial charge in [-0.3, -0.25) is 9.36 Å². The third-order valence-electron chi connectivity index (χ3n) is 5.91. The second-order valence-electron chi connectivity index (χ2n) is 8.10. The molecule has 0 atom stereocenters. The minimum absolute atomic E-state index is 0.00972. The first kappa shape index (κ1) is 22.0. The number of carbonyl (C=O) groups is 1. The van der Waals surface area contributed by atoms with E-state index >= 15 is 0 Å². The SMILES string of the molecule is COC(=O)c1cc(C2CC2)nc2c1c(=O)n(Cc1c(F)cccc1Cl)c(=O)n2-c1ccccc1. The Labute approximate surface area is 198 Å². The molecule has 2 aromatic carbocycles. The fraction of sp³-hybridized carbons (Fsp3) is 0.200.